The van der Waals surface area contributed by atoms with Crippen molar-refractivity contribution in [3.63, 3.8) is 0 Å². The van der Waals surface area contributed by atoms with Crippen LogP contribution >= 0.6 is 0 Å². The quantitative estimate of drug-likeness (QED) is 0.516. The molecule has 2 amide bonds. The van der Waals surface area contributed by atoms with Crippen molar-refractivity contribution in [3.8, 4) is 0 Å². The van der Waals surface area contributed by atoms with Crippen LogP contribution in [0.15, 0.2) is 54.6 Å². The van der Waals surface area contributed by atoms with Crippen LogP contribution in [0.3, 0.4) is 0 Å². The summed E-state index contributed by atoms with van der Waals surface area (Å²) in [6.07, 6.45) is 1.39. The Morgan fingerprint density at radius 3 is 2.55 bits per heavy atom. The number of ether oxygens (including phenoxy) is 1. The van der Waals surface area contributed by atoms with Gasteiger partial charge in [0, 0.05) is 26.6 Å². The number of imidazole rings is 1. The van der Waals surface area contributed by atoms with E-state index in [4.69, 9.17) is 4.74 Å². The molecule has 1 aromatic heterocycles. The van der Waals surface area contributed by atoms with Gasteiger partial charge in [-0.25, -0.2) is 4.98 Å². The summed E-state index contributed by atoms with van der Waals surface area (Å²) in [4.78, 5) is 28.7. The molecule has 0 bridgehead atoms. The number of fused-ring (bicyclic) bond motifs is 1. The van der Waals surface area contributed by atoms with Gasteiger partial charge < -0.3 is 19.9 Å². The van der Waals surface area contributed by atoms with E-state index < -0.39 is 0 Å². The zero-order chi connectivity index (χ0) is 20.5. The van der Waals surface area contributed by atoms with Crippen molar-refractivity contribution in [2.45, 2.75) is 25.9 Å². The van der Waals surface area contributed by atoms with Gasteiger partial charge in [-0.05, 0) is 24.1 Å². The SMILES string of the molecule is COCC(=O)NCCCc1nc2ccccc2n1CC(=O)NCc1ccccc1. The van der Waals surface area contributed by atoms with Gasteiger partial charge >= 0.3 is 0 Å². The van der Waals surface area contributed by atoms with Crippen molar-refractivity contribution >= 4 is 22.8 Å². The van der Waals surface area contributed by atoms with Gasteiger partial charge in [0.25, 0.3) is 0 Å². The average molecular weight is 394 g/mol. The highest BCUT2D eigenvalue weighted by Crippen LogP contribution is 2.17. The minimum Gasteiger partial charge on any atom is -0.375 e. The van der Waals surface area contributed by atoms with E-state index in [-0.39, 0.29) is 25.0 Å². The number of aromatic nitrogens is 2. The highest BCUT2D eigenvalue weighted by molar-refractivity contribution is 5.81. The number of para-hydroxylation sites is 2. The van der Waals surface area contributed by atoms with Crippen LogP contribution in [-0.4, -0.2) is 41.6 Å². The maximum absolute atomic E-state index is 12.5. The molecule has 1 heterocycles. The topological polar surface area (TPSA) is 85.2 Å². The molecule has 0 atom stereocenters. The highest BCUT2D eigenvalue weighted by atomic mass is 16.5. The summed E-state index contributed by atoms with van der Waals surface area (Å²) in [5.41, 5.74) is 2.85. The molecule has 0 spiro atoms. The van der Waals surface area contributed by atoms with Gasteiger partial charge in [-0.15, -0.1) is 0 Å². The summed E-state index contributed by atoms with van der Waals surface area (Å²) in [5.74, 6) is 0.634. The first-order valence-corrected chi connectivity index (χ1v) is 9.68. The van der Waals surface area contributed by atoms with E-state index in [0.717, 1.165) is 28.8 Å². The number of hydrogen-bond acceptors (Lipinski definition) is 4. The van der Waals surface area contributed by atoms with E-state index in [1.807, 2.05) is 59.2 Å². The Kier molecular flexibility index (Phi) is 7.35. The summed E-state index contributed by atoms with van der Waals surface area (Å²) in [5, 5.41) is 5.77. The van der Waals surface area contributed by atoms with Crippen molar-refractivity contribution in [3.05, 3.63) is 66.0 Å². The molecule has 2 N–H and O–H groups in total. The van der Waals surface area contributed by atoms with Crippen molar-refractivity contribution in [1.29, 1.82) is 0 Å². The molecule has 7 nitrogen and oxygen atoms in total. The van der Waals surface area contributed by atoms with E-state index in [2.05, 4.69) is 15.6 Å². The average Bonchev–Trinajstić information content (AvgIpc) is 3.08. The minimum atomic E-state index is -0.138. The molecule has 3 aromatic rings. The first kappa shape index (κ1) is 20.5. The van der Waals surface area contributed by atoms with Gasteiger partial charge in [0.1, 0.15) is 19.0 Å². The number of nitrogens with zero attached hydrogens (tertiary/aromatic N) is 2. The Labute approximate surface area is 170 Å². The van der Waals surface area contributed by atoms with Crippen LogP contribution in [0, 0.1) is 0 Å². The smallest absolute Gasteiger partial charge is 0.245 e. The number of nitrogens with one attached hydrogen (secondary N) is 2. The number of carbonyl (C=O) groups is 2. The van der Waals surface area contributed by atoms with E-state index in [1.54, 1.807) is 0 Å². The molecule has 3 rings (SSSR count). The third kappa shape index (κ3) is 5.89. The van der Waals surface area contributed by atoms with Crippen LogP contribution in [0.25, 0.3) is 11.0 Å². The lowest BCUT2D eigenvalue weighted by atomic mass is 10.2. The van der Waals surface area contributed by atoms with Gasteiger partial charge in [0.2, 0.25) is 11.8 Å². The summed E-state index contributed by atoms with van der Waals surface area (Å²) < 4.78 is 6.75. The minimum absolute atomic E-state index is 0.0557. The number of rotatable bonds is 10. The second-order valence-corrected chi connectivity index (χ2v) is 6.75. The van der Waals surface area contributed by atoms with Crippen LogP contribution in [0.4, 0.5) is 0 Å². The Bertz CT molecular complexity index is 953. The zero-order valence-corrected chi connectivity index (χ0v) is 16.6. The standard InChI is InChI=1S/C22H26N4O3/c1-29-16-22(28)23-13-7-12-20-25-18-10-5-6-11-19(18)26(20)15-21(27)24-14-17-8-3-2-4-9-17/h2-6,8-11H,7,12-16H2,1H3,(H,23,28)(H,24,27). The van der Waals surface area contributed by atoms with Crippen molar-refractivity contribution in [2.24, 2.45) is 0 Å². The number of carbonyl (C=O) groups excluding carboxylic acids is 2. The van der Waals surface area contributed by atoms with Crippen LogP contribution in [0.2, 0.25) is 0 Å². The largest absolute Gasteiger partial charge is 0.375 e. The molecule has 2 aromatic carbocycles. The molecular weight excluding hydrogens is 368 g/mol. The Morgan fingerprint density at radius 1 is 1.00 bits per heavy atom. The van der Waals surface area contributed by atoms with Crippen LogP contribution in [0.1, 0.15) is 17.8 Å². The van der Waals surface area contributed by atoms with Crippen molar-refractivity contribution in [2.75, 3.05) is 20.3 Å². The highest BCUT2D eigenvalue weighted by Gasteiger charge is 2.13. The maximum Gasteiger partial charge on any atom is 0.245 e. The van der Waals surface area contributed by atoms with Gasteiger partial charge in [-0.2, -0.15) is 0 Å². The molecule has 7 heteroatoms. The lowest BCUT2D eigenvalue weighted by molar-refractivity contribution is -0.124. The molecule has 0 aliphatic rings. The second-order valence-electron chi connectivity index (χ2n) is 6.75. The molecular formula is C22H26N4O3. The number of amides is 2. The summed E-state index contributed by atoms with van der Waals surface area (Å²) >= 11 is 0. The summed E-state index contributed by atoms with van der Waals surface area (Å²) in [6.45, 7) is 1.29. The van der Waals surface area contributed by atoms with E-state index in [9.17, 15) is 9.59 Å². The number of benzene rings is 2. The third-order valence-electron chi connectivity index (χ3n) is 4.54. The fraction of sp³-hybridized carbons (Fsp3) is 0.318. The Hall–Kier alpha value is -3.19. The number of hydrogen-bond donors (Lipinski definition) is 2. The molecule has 0 radical (unpaired) electrons. The van der Waals surface area contributed by atoms with Gasteiger partial charge in [-0.1, -0.05) is 42.5 Å². The predicted molar refractivity (Wildman–Crippen MR) is 111 cm³/mol. The first-order valence-electron chi connectivity index (χ1n) is 9.68. The lowest BCUT2D eigenvalue weighted by Gasteiger charge is -2.10. The number of methoxy groups -OCH3 is 1. The molecule has 0 unspecified atom stereocenters. The van der Waals surface area contributed by atoms with Gasteiger partial charge in [0.15, 0.2) is 0 Å². The Morgan fingerprint density at radius 2 is 1.76 bits per heavy atom. The number of aryl methyl sites for hydroxylation is 1. The van der Waals surface area contributed by atoms with Gasteiger partial charge in [-0.3, -0.25) is 9.59 Å². The zero-order valence-electron chi connectivity index (χ0n) is 16.6. The molecule has 152 valence electrons. The molecule has 0 saturated carbocycles. The monoisotopic (exact) mass is 394 g/mol. The molecule has 0 fully saturated rings. The van der Waals surface area contributed by atoms with E-state index >= 15 is 0 Å². The van der Waals surface area contributed by atoms with Crippen molar-refractivity contribution in [1.82, 2.24) is 20.2 Å². The molecule has 0 saturated heterocycles. The fourth-order valence-electron chi connectivity index (χ4n) is 3.15. The lowest BCUT2D eigenvalue weighted by Crippen LogP contribution is -2.29. The third-order valence-corrected chi connectivity index (χ3v) is 4.54. The van der Waals surface area contributed by atoms with Crippen LogP contribution in [0.5, 0.6) is 0 Å². The van der Waals surface area contributed by atoms with Crippen LogP contribution in [-0.2, 0) is 33.8 Å². The fourth-order valence-corrected chi connectivity index (χ4v) is 3.15. The summed E-state index contributed by atoms with van der Waals surface area (Å²) in [7, 11) is 1.49. The summed E-state index contributed by atoms with van der Waals surface area (Å²) in [6, 6.07) is 17.6. The first-order chi connectivity index (χ1) is 14.2. The second kappa shape index (κ2) is 10.4. The maximum atomic E-state index is 12.5. The molecule has 0 aliphatic carbocycles. The van der Waals surface area contributed by atoms with E-state index in [1.165, 1.54) is 7.11 Å². The van der Waals surface area contributed by atoms with Gasteiger partial charge in [0.05, 0.1) is 11.0 Å². The Balaban J connectivity index is 1.63. The molecule has 0 aliphatic heterocycles. The van der Waals surface area contributed by atoms with Crippen molar-refractivity contribution < 1.29 is 14.3 Å². The molecule has 29 heavy (non-hydrogen) atoms. The predicted octanol–water partition coefficient (Wildman–Crippen LogP) is 2.05. The normalized spacial score (nSPS) is 10.8. The van der Waals surface area contributed by atoms with E-state index in [0.29, 0.717) is 19.5 Å². The van der Waals surface area contributed by atoms with Crippen LogP contribution < -0.4 is 10.6 Å².